The number of fused-ring (bicyclic) bond motifs is 1. The lowest BCUT2D eigenvalue weighted by Gasteiger charge is -2.38. The SMILES string of the molecule is c1ccc2c3ccc(c2c1)[Si]12CCCCCCCCCCCCCCC[Si]3(CCCCCCCCCCCCCCC1)CCCCCCCCCCCCCCC2. The zero-order chi connectivity index (χ0) is 39.4. The van der Waals surface area contributed by atoms with E-state index in [1.54, 1.807) is 47.0 Å². The molecule has 5 rings (SSSR count). The summed E-state index contributed by atoms with van der Waals surface area (Å²) in [6, 6.07) is 25.5. The van der Waals surface area contributed by atoms with Gasteiger partial charge in [0.15, 0.2) is 0 Å². The second kappa shape index (κ2) is 29.4. The van der Waals surface area contributed by atoms with Crippen molar-refractivity contribution in [2.45, 2.75) is 287 Å². The zero-order valence-electron chi connectivity index (χ0n) is 38.3. The van der Waals surface area contributed by atoms with E-state index in [1.807, 2.05) is 10.4 Å². The van der Waals surface area contributed by atoms with Gasteiger partial charge in [-0.1, -0.05) is 333 Å². The first kappa shape index (κ1) is 47.2. The Morgan fingerprint density at radius 2 is 0.351 bits per heavy atom. The quantitative estimate of drug-likeness (QED) is 0.233. The molecule has 2 aromatic rings. The Labute approximate surface area is 358 Å². The normalized spacial score (nSPS) is 27.8. The summed E-state index contributed by atoms with van der Waals surface area (Å²) < 4.78 is 0. The molecule has 0 atom stereocenters. The molecule has 3 heterocycles. The van der Waals surface area contributed by atoms with Crippen LogP contribution in [0, 0.1) is 0 Å². The predicted octanol–water partition coefficient (Wildman–Crippen LogP) is 18.4. The van der Waals surface area contributed by atoms with Crippen LogP contribution in [0.3, 0.4) is 0 Å². The third kappa shape index (κ3) is 17.2. The Balaban J connectivity index is 1.57. The molecule has 0 amide bonds. The Hall–Kier alpha value is -0.866. The average molecular weight is 814 g/mol. The van der Waals surface area contributed by atoms with Gasteiger partial charge in [-0.15, -0.1) is 0 Å². The van der Waals surface area contributed by atoms with Gasteiger partial charge in [0.1, 0.15) is 0 Å². The second-order valence-corrected chi connectivity index (χ2v) is 29.8. The molecule has 0 saturated heterocycles. The van der Waals surface area contributed by atoms with Gasteiger partial charge in [0, 0.05) is 0 Å². The van der Waals surface area contributed by atoms with E-state index in [1.165, 1.54) is 250 Å². The second-order valence-electron chi connectivity index (χ2n) is 20.6. The fourth-order valence-corrected chi connectivity index (χ4v) is 23.5. The number of hydrogen-bond donors (Lipinski definition) is 0. The van der Waals surface area contributed by atoms with Gasteiger partial charge in [0.2, 0.25) is 0 Å². The standard InChI is InChI=1S/C55H96Si2/c1-4-10-16-22-28-36-46-56-48-38-30-24-18-12-6-2-7-13-19-25-31-39-49-57(47-37-29-23-17-11-5-1,55-45-44-54(56)52-42-34-35-43-53(52)55)51-41-33-27-21-15-9-3-8-14-20-26-32-40-50-56/h34-35,42-45H,1-33,36-41,46-51H2. The molecule has 0 fully saturated rings. The number of hydrogen-bond acceptors (Lipinski definition) is 0. The van der Waals surface area contributed by atoms with E-state index in [9.17, 15) is 0 Å². The van der Waals surface area contributed by atoms with Crippen molar-refractivity contribution in [3.05, 3.63) is 36.4 Å². The average Bonchev–Trinajstić information content (AvgIpc) is 3.23. The van der Waals surface area contributed by atoms with Gasteiger partial charge in [-0.3, -0.25) is 0 Å². The first-order valence-corrected chi connectivity index (χ1v) is 32.1. The van der Waals surface area contributed by atoms with Gasteiger partial charge in [0.05, 0.1) is 16.1 Å². The molecule has 0 nitrogen and oxygen atoms in total. The van der Waals surface area contributed by atoms with E-state index in [0.29, 0.717) is 0 Å². The maximum Gasteiger partial charge on any atom is 0.0875 e. The van der Waals surface area contributed by atoms with Crippen LogP contribution in [0.4, 0.5) is 0 Å². The first-order chi connectivity index (χ1) is 28.3. The predicted molar refractivity (Wildman–Crippen MR) is 264 cm³/mol. The molecule has 0 aliphatic carbocycles. The molecule has 2 aromatic carbocycles. The van der Waals surface area contributed by atoms with E-state index >= 15 is 0 Å². The summed E-state index contributed by atoms with van der Waals surface area (Å²) in [6.45, 7) is 0. The van der Waals surface area contributed by atoms with Crippen molar-refractivity contribution in [3.8, 4) is 0 Å². The molecule has 3 aliphatic rings. The molecule has 57 heavy (non-hydrogen) atoms. The van der Waals surface area contributed by atoms with E-state index < -0.39 is 16.1 Å². The highest BCUT2D eigenvalue weighted by Gasteiger charge is 2.39. The molecule has 0 N–H and O–H groups in total. The largest absolute Gasteiger partial charge is 0.0875 e. The lowest BCUT2D eigenvalue weighted by Crippen LogP contribution is -2.51. The summed E-state index contributed by atoms with van der Waals surface area (Å²) in [5.74, 6) is 0. The highest BCUT2D eigenvalue weighted by atomic mass is 28.3. The third-order valence-electron chi connectivity index (χ3n) is 16.0. The third-order valence-corrected chi connectivity index (χ3v) is 27.0. The molecule has 0 aromatic heterocycles. The van der Waals surface area contributed by atoms with Crippen molar-refractivity contribution < 1.29 is 0 Å². The van der Waals surface area contributed by atoms with E-state index in [0.717, 1.165) is 0 Å². The topological polar surface area (TPSA) is 0 Å². The molecule has 324 valence electrons. The van der Waals surface area contributed by atoms with Gasteiger partial charge in [0.25, 0.3) is 0 Å². The molecule has 2 heteroatoms. The highest BCUT2D eigenvalue weighted by Crippen LogP contribution is 2.36. The summed E-state index contributed by atoms with van der Waals surface area (Å²) >= 11 is 0. The van der Waals surface area contributed by atoms with Crippen LogP contribution in [-0.4, -0.2) is 16.1 Å². The minimum Gasteiger partial charge on any atom is -0.0625 e. The Kier molecular flexibility index (Phi) is 24.3. The van der Waals surface area contributed by atoms with Crippen LogP contribution in [0.25, 0.3) is 10.8 Å². The van der Waals surface area contributed by atoms with Gasteiger partial charge < -0.3 is 0 Å². The van der Waals surface area contributed by atoms with Crippen molar-refractivity contribution in [2.24, 2.45) is 0 Å². The number of benzene rings is 2. The van der Waals surface area contributed by atoms with Crippen molar-refractivity contribution in [3.63, 3.8) is 0 Å². The minimum atomic E-state index is -1.71. The molecular weight excluding hydrogens is 717 g/mol. The van der Waals surface area contributed by atoms with Gasteiger partial charge in [-0.2, -0.15) is 0 Å². The lowest BCUT2D eigenvalue weighted by molar-refractivity contribution is 0.536. The van der Waals surface area contributed by atoms with Crippen LogP contribution in [0.1, 0.15) is 250 Å². The minimum absolute atomic E-state index is 1.48. The Morgan fingerprint density at radius 3 is 0.526 bits per heavy atom. The van der Waals surface area contributed by atoms with Crippen LogP contribution in [0.5, 0.6) is 0 Å². The molecule has 0 unspecified atom stereocenters. The van der Waals surface area contributed by atoms with Gasteiger partial charge in [-0.05, 0) is 10.8 Å². The summed E-state index contributed by atoms with van der Waals surface area (Å²) in [7, 11) is -3.43. The van der Waals surface area contributed by atoms with Crippen LogP contribution in [-0.2, 0) is 0 Å². The fourth-order valence-electron chi connectivity index (χ4n) is 12.4. The summed E-state index contributed by atoms with van der Waals surface area (Å²) in [6.07, 6.45) is 58.1. The molecule has 0 saturated carbocycles. The van der Waals surface area contributed by atoms with Crippen LogP contribution in [0.2, 0.25) is 36.3 Å². The van der Waals surface area contributed by atoms with Crippen molar-refractivity contribution >= 4 is 37.3 Å². The van der Waals surface area contributed by atoms with Crippen molar-refractivity contribution in [1.29, 1.82) is 0 Å². The zero-order valence-corrected chi connectivity index (χ0v) is 40.3. The smallest absolute Gasteiger partial charge is 0.0625 e. The van der Waals surface area contributed by atoms with Gasteiger partial charge >= 0.3 is 0 Å². The summed E-state index contributed by atoms with van der Waals surface area (Å²) in [4.78, 5) is 0. The van der Waals surface area contributed by atoms with Gasteiger partial charge in [-0.25, -0.2) is 0 Å². The van der Waals surface area contributed by atoms with Crippen molar-refractivity contribution in [2.75, 3.05) is 0 Å². The van der Waals surface area contributed by atoms with E-state index in [2.05, 4.69) is 36.4 Å². The molecule has 4 bridgehead atoms. The monoisotopic (exact) mass is 813 g/mol. The highest BCUT2D eigenvalue weighted by molar-refractivity contribution is 6.95. The summed E-state index contributed by atoms with van der Waals surface area (Å²) in [5.41, 5.74) is 0. The fraction of sp³-hybridized carbons (Fsp3) is 0.818. The Bertz CT molecular complexity index is 1100. The van der Waals surface area contributed by atoms with E-state index in [-0.39, 0.29) is 0 Å². The summed E-state index contributed by atoms with van der Waals surface area (Å²) in [5, 5.41) is 7.40. The molecule has 3 aliphatic heterocycles. The Morgan fingerprint density at radius 1 is 0.193 bits per heavy atom. The first-order valence-electron chi connectivity index (χ1n) is 26.9. The number of rotatable bonds is 0. The maximum atomic E-state index is 2.90. The van der Waals surface area contributed by atoms with Crippen LogP contribution >= 0.6 is 0 Å². The lowest BCUT2D eigenvalue weighted by atomic mass is 10.0. The molecular formula is C55H96Si2. The molecule has 0 spiro atoms. The molecule has 0 radical (unpaired) electrons. The van der Waals surface area contributed by atoms with Crippen LogP contribution in [0.15, 0.2) is 36.4 Å². The van der Waals surface area contributed by atoms with Crippen LogP contribution < -0.4 is 10.4 Å². The maximum absolute atomic E-state index is 2.90. The van der Waals surface area contributed by atoms with Crippen molar-refractivity contribution in [1.82, 2.24) is 0 Å². The van der Waals surface area contributed by atoms with E-state index in [4.69, 9.17) is 0 Å².